The Labute approximate surface area is 173 Å². The van der Waals surface area contributed by atoms with E-state index in [1.165, 1.54) is 5.57 Å². The maximum Gasteiger partial charge on any atom is 0.317 e. The number of fused-ring (bicyclic) bond motifs is 1. The van der Waals surface area contributed by atoms with Gasteiger partial charge in [0.15, 0.2) is 0 Å². The number of aromatic amines is 1. The van der Waals surface area contributed by atoms with Crippen LogP contribution in [-0.2, 0) is 6.42 Å². The van der Waals surface area contributed by atoms with Crippen LogP contribution in [0.2, 0.25) is 10.0 Å². The second-order valence-electron chi connectivity index (χ2n) is 6.71. The third kappa shape index (κ3) is 3.86. The van der Waals surface area contributed by atoms with Gasteiger partial charge in [0.05, 0.1) is 0 Å². The number of nitrogens with one attached hydrogen (secondary N) is 2. The second-order valence-corrected chi connectivity index (χ2v) is 7.52. The van der Waals surface area contributed by atoms with Crippen molar-refractivity contribution in [2.45, 2.75) is 12.8 Å². The van der Waals surface area contributed by atoms with Crippen LogP contribution in [0.3, 0.4) is 0 Å². The van der Waals surface area contributed by atoms with Crippen LogP contribution in [0.5, 0.6) is 0 Å². The lowest BCUT2D eigenvalue weighted by Crippen LogP contribution is -2.42. The van der Waals surface area contributed by atoms with Crippen LogP contribution in [0.15, 0.2) is 48.8 Å². The lowest BCUT2D eigenvalue weighted by Gasteiger charge is -2.26. The minimum Gasteiger partial charge on any atom is -0.346 e. The average Bonchev–Trinajstić information content (AvgIpc) is 3.14. The fourth-order valence-electron chi connectivity index (χ4n) is 3.50. The predicted octanol–water partition coefficient (Wildman–Crippen LogP) is 4.91. The van der Waals surface area contributed by atoms with Crippen LogP contribution in [0.1, 0.15) is 17.5 Å². The molecule has 3 heterocycles. The summed E-state index contributed by atoms with van der Waals surface area (Å²) in [4.78, 5) is 21.8. The summed E-state index contributed by atoms with van der Waals surface area (Å²) in [6, 6.07) is 9.36. The topological polar surface area (TPSA) is 61.0 Å². The van der Waals surface area contributed by atoms with Crippen LogP contribution in [-0.4, -0.2) is 40.5 Å². The molecule has 4 rings (SSSR count). The Morgan fingerprint density at radius 2 is 2.04 bits per heavy atom. The van der Waals surface area contributed by atoms with Gasteiger partial charge in [-0.2, -0.15) is 0 Å². The molecule has 0 bridgehead atoms. The van der Waals surface area contributed by atoms with E-state index < -0.39 is 0 Å². The van der Waals surface area contributed by atoms with Gasteiger partial charge in [-0.05, 0) is 48.2 Å². The lowest BCUT2D eigenvalue weighted by atomic mass is 10.00. The van der Waals surface area contributed by atoms with Gasteiger partial charge in [-0.25, -0.2) is 9.78 Å². The largest absolute Gasteiger partial charge is 0.346 e. The Balaban J connectivity index is 1.35. The molecule has 7 heteroatoms. The van der Waals surface area contributed by atoms with Crippen molar-refractivity contribution in [3.05, 3.63) is 70.0 Å². The molecule has 2 N–H and O–H groups in total. The summed E-state index contributed by atoms with van der Waals surface area (Å²) in [6.07, 6.45) is 7.29. The first-order chi connectivity index (χ1) is 13.6. The van der Waals surface area contributed by atoms with Gasteiger partial charge in [-0.15, -0.1) is 0 Å². The highest BCUT2D eigenvalue weighted by Crippen LogP contribution is 2.28. The molecule has 0 unspecified atom stereocenters. The molecule has 0 saturated carbocycles. The van der Waals surface area contributed by atoms with Gasteiger partial charge in [-0.3, -0.25) is 0 Å². The number of rotatable bonds is 4. The monoisotopic (exact) mass is 414 g/mol. The summed E-state index contributed by atoms with van der Waals surface area (Å²) in [6.45, 7) is 1.75. The van der Waals surface area contributed by atoms with Crippen LogP contribution < -0.4 is 5.32 Å². The van der Waals surface area contributed by atoms with Crippen molar-refractivity contribution in [2.24, 2.45) is 0 Å². The van der Waals surface area contributed by atoms with Crippen LogP contribution in [0, 0.1) is 0 Å². The third-order valence-electron chi connectivity index (χ3n) is 5.01. The third-order valence-corrected chi connectivity index (χ3v) is 5.71. The summed E-state index contributed by atoms with van der Waals surface area (Å²) in [5.74, 6) is 0. The van der Waals surface area contributed by atoms with E-state index in [0.717, 1.165) is 28.6 Å². The molecular weight excluding hydrogens is 395 g/mol. The van der Waals surface area contributed by atoms with Gasteiger partial charge in [0.2, 0.25) is 0 Å². The van der Waals surface area contributed by atoms with Gasteiger partial charge < -0.3 is 15.2 Å². The normalized spacial score (nSPS) is 14.2. The van der Waals surface area contributed by atoms with E-state index in [0.29, 0.717) is 36.1 Å². The molecule has 28 heavy (non-hydrogen) atoms. The zero-order chi connectivity index (χ0) is 19.5. The minimum absolute atomic E-state index is 0.0703. The van der Waals surface area contributed by atoms with E-state index in [1.807, 2.05) is 35.4 Å². The zero-order valence-electron chi connectivity index (χ0n) is 15.2. The fraction of sp³-hybridized carbons (Fsp3) is 0.238. The number of nitrogens with zero attached hydrogens (tertiary/aromatic N) is 2. The number of hydrogen-bond donors (Lipinski definition) is 2. The van der Waals surface area contributed by atoms with Gasteiger partial charge in [0, 0.05) is 53.0 Å². The standard InChI is InChI=1S/C21H20Cl2N4O/c22-18-4-1-5-19(23)16(18)6-10-25-21(28)27-11-7-14(8-12-27)17-13-26-20-15(17)3-2-9-24-20/h1-5,7,9,13H,6,8,10-12H2,(H,24,26)(H,25,28). The molecule has 3 aromatic rings. The molecular formula is C21H20Cl2N4O. The highest BCUT2D eigenvalue weighted by atomic mass is 35.5. The molecule has 1 aromatic carbocycles. The van der Waals surface area contributed by atoms with E-state index in [9.17, 15) is 4.79 Å². The molecule has 5 nitrogen and oxygen atoms in total. The molecule has 0 saturated heterocycles. The maximum atomic E-state index is 12.5. The van der Waals surface area contributed by atoms with Crippen molar-refractivity contribution in [1.29, 1.82) is 0 Å². The Bertz CT molecular complexity index is 1020. The number of benzene rings is 1. The quantitative estimate of drug-likeness (QED) is 0.636. The van der Waals surface area contributed by atoms with E-state index in [1.54, 1.807) is 6.20 Å². The summed E-state index contributed by atoms with van der Waals surface area (Å²) in [5, 5.41) is 5.32. The van der Waals surface area contributed by atoms with Gasteiger partial charge in [0.1, 0.15) is 5.65 Å². The zero-order valence-corrected chi connectivity index (χ0v) is 16.7. The Kier molecular flexibility index (Phi) is 5.55. The van der Waals surface area contributed by atoms with Crippen LogP contribution in [0.4, 0.5) is 4.79 Å². The number of aromatic nitrogens is 2. The molecule has 0 spiro atoms. The molecule has 1 aliphatic heterocycles. The summed E-state index contributed by atoms with van der Waals surface area (Å²) >= 11 is 12.4. The molecule has 1 aliphatic rings. The summed E-state index contributed by atoms with van der Waals surface area (Å²) < 4.78 is 0. The SMILES string of the molecule is O=C(NCCc1c(Cl)cccc1Cl)N1CC=C(c2c[nH]c3ncccc23)CC1. The number of carbonyl (C=O) groups is 1. The molecule has 0 fully saturated rings. The molecule has 0 aliphatic carbocycles. The first kappa shape index (κ1) is 18.8. The molecule has 2 amide bonds. The van der Waals surface area contributed by atoms with E-state index in [-0.39, 0.29) is 6.03 Å². The molecule has 2 aromatic heterocycles. The minimum atomic E-state index is -0.0703. The van der Waals surface area contributed by atoms with Crippen molar-refractivity contribution in [3.63, 3.8) is 0 Å². The van der Waals surface area contributed by atoms with Crippen LogP contribution in [0.25, 0.3) is 16.6 Å². The Morgan fingerprint density at radius 3 is 2.79 bits per heavy atom. The fourth-order valence-corrected chi connectivity index (χ4v) is 4.08. The average molecular weight is 415 g/mol. The van der Waals surface area contributed by atoms with Crippen molar-refractivity contribution in [1.82, 2.24) is 20.2 Å². The number of amides is 2. The molecule has 0 radical (unpaired) electrons. The number of carbonyl (C=O) groups excluding carboxylic acids is 1. The summed E-state index contributed by atoms with van der Waals surface area (Å²) in [5.41, 5.74) is 4.15. The molecule has 144 valence electrons. The number of pyridine rings is 1. The highest BCUT2D eigenvalue weighted by Gasteiger charge is 2.19. The van der Waals surface area contributed by atoms with Gasteiger partial charge in [0.25, 0.3) is 0 Å². The predicted molar refractivity (Wildman–Crippen MR) is 114 cm³/mol. The Morgan fingerprint density at radius 1 is 1.21 bits per heavy atom. The lowest BCUT2D eigenvalue weighted by molar-refractivity contribution is 0.203. The van der Waals surface area contributed by atoms with E-state index >= 15 is 0 Å². The number of halogens is 2. The summed E-state index contributed by atoms with van der Waals surface area (Å²) in [7, 11) is 0. The number of urea groups is 1. The Hall–Kier alpha value is -2.50. The smallest absolute Gasteiger partial charge is 0.317 e. The van der Waals surface area contributed by atoms with Crippen molar-refractivity contribution < 1.29 is 4.79 Å². The van der Waals surface area contributed by atoms with E-state index in [2.05, 4.69) is 27.4 Å². The number of hydrogen-bond acceptors (Lipinski definition) is 2. The van der Waals surface area contributed by atoms with Crippen LogP contribution >= 0.6 is 23.2 Å². The maximum absolute atomic E-state index is 12.5. The first-order valence-electron chi connectivity index (χ1n) is 9.20. The molecule has 0 atom stereocenters. The van der Waals surface area contributed by atoms with E-state index in [4.69, 9.17) is 23.2 Å². The van der Waals surface area contributed by atoms with Crippen molar-refractivity contribution >= 4 is 45.8 Å². The van der Waals surface area contributed by atoms with Crippen molar-refractivity contribution in [2.75, 3.05) is 19.6 Å². The second kappa shape index (κ2) is 8.25. The van der Waals surface area contributed by atoms with Gasteiger partial charge in [-0.1, -0.05) is 35.3 Å². The van der Waals surface area contributed by atoms with Crippen molar-refractivity contribution in [3.8, 4) is 0 Å². The van der Waals surface area contributed by atoms with Gasteiger partial charge >= 0.3 is 6.03 Å². The number of H-pyrrole nitrogens is 1. The first-order valence-corrected chi connectivity index (χ1v) is 9.96. The highest BCUT2D eigenvalue weighted by molar-refractivity contribution is 6.36.